The Bertz CT molecular complexity index is 1080. The molecule has 0 radical (unpaired) electrons. The molecule has 0 amide bonds. The Morgan fingerprint density at radius 2 is 1.79 bits per heavy atom. The van der Waals surface area contributed by atoms with Crippen LogP contribution in [0.1, 0.15) is 69.4 Å². The van der Waals surface area contributed by atoms with E-state index in [4.69, 9.17) is 9.47 Å². The van der Waals surface area contributed by atoms with E-state index >= 15 is 0 Å². The normalized spacial score (nSPS) is 15.1. The van der Waals surface area contributed by atoms with Crippen molar-refractivity contribution in [1.82, 2.24) is 9.47 Å². The first-order valence-electron chi connectivity index (χ1n) is 12.2. The van der Waals surface area contributed by atoms with Gasteiger partial charge in [-0.25, -0.2) is 4.79 Å². The van der Waals surface area contributed by atoms with E-state index in [0.29, 0.717) is 30.2 Å². The van der Waals surface area contributed by atoms with Crippen molar-refractivity contribution in [3.63, 3.8) is 0 Å². The predicted molar refractivity (Wildman–Crippen MR) is 134 cm³/mol. The number of benzene rings is 1. The highest BCUT2D eigenvalue weighted by atomic mass is 16.5. The lowest BCUT2D eigenvalue weighted by atomic mass is 9.78. The Labute approximate surface area is 202 Å². The highest BCUT2D eigenvalue weighted by Gasteiger charge is 2.34. The Balaban J connectivity index is 2.01. The SMILES string of the molecule is CCCN(CCC)CCOc1cc2c(cc1OC)-c1cc(=O)c(C(=O)O)cn1[C@H](C(C)(C)C)C2. The number of methoxy groups -OCH3 is 1. The van der Waals surface area contributed by atoms with E-state index in [-0.39, 0.29) is 17.0 Å². The summed E-state index contributed by atoms with van der Waals surface area (Å²) in [5.41, 5.74) is 1.79. The fourth-order valence-corrected chi connectivity index (χ4v) is 4.75. The molecule has 7 nitrogen and oxygen atoms in total. The van der Waals surface area contributed by atoms with E-state index in [0.717, 1.165) is 43.6 Å². The number of carboxylic acid groups (broad SMARTS) is 1. The van der Waals surface area contributed by atoms with Crippen molar-refractivity contribution in [3.05, 3.63) is 45.7 Å². The van der Waals surface area contributed by atoms with Crippen LogP contribution in [-0.4, -0.2) is 53.9 Å². The van der Waals surface area contributed by atoms with Gasteiger partial charge in [0.05, 0.1) is 12.8 Å². The number of aromatic nitrogens is 1. The molecule has 0 saturated heterocycles. The van der Waals surface area contributed by atoms with Crippen LogP contribution < -0.4 is 14.9 Å². The summed E-state index contributed by atoms with van der Waals surface area (Å²) in [6.45, 7) is 14.3. The molecular formula is C27H38N2O5. The van der Waals surface area contributed by atoms with Crippen LogP contribution in [0.2, 0.25) is 0 Å². The van der Waals surface area contributed by atoms with Crippen LogP contribution in [-0.2, 0) is 6.42 Å². The van der Waals surface area contributed by atoms with Crippen LogP contribution in [0, 0.1) is 5.41 Å². The van der Waals surface area contributed by atoms with Crippen molar-refractivity contribution >= 4 is 5.97 Å². The predicted octanol–water partition coefficient (Wildman–Crippen LogP) is 4.87. The lowest BCUT2D eigenvalue weighted by molar-refractivity contribution is 0.0693. The highest BCUT2D eigenvalue weighted by Crippen LogP contribution is 2.45. The van der Waals surface area contributed by atoms with Gasteiger partial charge < -0.3 is 19.1 Å². The van der Waals surface area contributed by atoms with Crippen molar-refractivity contribution in [1.29, 1.82) is 0 Å². The number of nitrogens with zero attached hydrogens (tertiary/aromatic N) is 2. The summed E-state index contributed by atoms with van der Waals surface area (Å²) in [4.78, 5) is 26.6. The van der Waals surface area contributed by atoms with Crippen LogP contribution in [0.5, 0.6) is 11.5 Å². The van der Waals surface area contributed by atoms with E-state index in [1.54, 1.807) is 7.11 Å². The van der Waals surface area contributed by atoms with Crippen LogP contribution in [0.25, 0.3) is 11.3 Å². The summed E-state index contributed by atoms with van der Waals surface area (Å²) in [6, 6.07) is 5.36. The average molecular weight is 471 g/mol. The molecule has 1 aromatic heterocycles. The third-order valence-electron chi connectivity index (χ3n) is 6.47. The van der Waals surface area contributed by atoms with Gasteiger partial charge in [0, 0.05) is 30.4 Å². The number of ether oxygens (including phenoxy) is 2. The van der Waals surface area contributed by atoms with E-state index in [1.165, 1.54) is 12.3 Å². The molecule has 1 aliphatic heterocycles. The standard InChI is InChI=1S/C27H38N2O5/c1-7-9-28(10-8-2)11-12-34-24-13-18-14-25(27(3,4)5)29-17-20(26(31)32)22(30)16-21(29)19(18)15-23(24)33-6/h13,15-17,25H,7-12,14H2,1-6H3,(H,31,32)/t25-/m0/s1. The molecule has 2 heterocycles. The molecule has 0 bridgehead atoms. The van der Waals surface area contributed by atoms with Crippen molar-refractivity contribution in [2.75, 3.05) is 33.4 Å². The zero-order valence-electron chi connectivity index (χ0n) is 21.3. The lowest BCUT2D eigenvalue weighted by Gasteiger charge is -2.39. The average Bonchev–Trinajstić information content (AvgIpc) is 2.77. The second-order valence-electron chi connectivity index (χ2n) is 10.1. The van der Waals surface area contributed by atoms with Gasteiger partial charge in [0.15, 0.2) is 16.9 Å². The molecule has 34 heavy (non-hydrogen) atoms. The molecule has 3 rings (SSSR count). The molecule has 7 heteroatoms. The van der Waals surface area contributed by atoms with Crippen molar-refractivity contribution in [2.24, 2.45) is 5.41 Å². The van der Waals surface area contributed by atoms with Gasteiger partial charge in [-0.2, -0.15) is 0 Å². The Hall–Kier alpha value is -2.80. The van der Waals surface area contributed by atoms with Gasteiger partial charge in [-0.3, -0.25) is 9.69 Å². The third kappa shape index (κ3) is 5.46. The van der Waals surface area contributed by atoms with Gasteiger partial charge in [0.2, 0.25) is 0 Å². The maximum atomic E-state index is 12.6. The number of pyridine rings is 1. The second kappa shape index (κ2) is 10.6. The minimum atomic E-state index is -1.21. The number of hydrogen-bond donors (Lipinski definition) is 1. The topological polar surface area (TPSA) is 81.0 Å². The Morgan fingerprint density at radius 3 is 2.35 bits per heavy atom. The number of rotatable bonds is 10. The number of carbonyl (C=O) groups is 1. The van der Waals surface area contributed by atoms with E-state index in [2.05, 4.69) is 39.5 Å². The quantitative estimate of drug-likeness (QED) is 0.534. The smallest absolute Gasteiger partial charge is 0.341 e. The van der Waals surface area contributed by atoms with E-state index in [1.807, 2.05) is 16.7 Å². The molecule has 0 spiro atoms. The van der Waals surface area contributed by atoms with Gasteiger partial charge in [0.1, 0.15) is 12.2 Å². The second-order valence-corrected chi connectivity index (χ2v) is 10.1. The number of fused-ring (bicyclic) bond motifs is 3. The van der Waals surface area contributed by atoms with Crippen molar-refractivity contribution in [3.8, 4) is 22.8 Å². The molecule has 0 saturated carbocycles. The maximum Gasteiger partial charge on any atom is 0.341 e. The summed E-state index contributed by atoms with van der Waals surface area (Å²) in [7, 11) is 1.61. The fraction of sp³-hybridized carbons (Fsp3) is 0.556. The molecule has 1 aliphatic rings. The summed E-state index contributed by atoms with van der Waals surface area (Å²) in [6.07, 6.45) is 4.41. The van der Waals surface area contributed by atoms with Crippen LogP contribution in [0.4, 0.5) is 0 Å². The van der Waals surface area contributed by atoms with Crippen LogP contribution in [0.15, 0.2) is 29.2 Å². The number of aromatic carboxylic acids is 1. The molecule has 1 aromatic carbocycles. The molecule has 1 N–H and O–H groups in total. The van der Waals surface area contributed by atoms with Crippen LogP contribution in [0.3, 0.4) is 0 Å². The number of hydrogen-bond acceptors (Lipinski definition) is 5. The van der Waals surface area contributed by atoms with Crippen molar-refractivity contribution < 1.29 is 19.4 Å². The lowest BCUT2D eigenvalue weighted by Crippen LogP contribution is -2.33. The Morgan fingerprint density at radius 1 is 1.12 bits per heavy atom. The maximum absolute atomic E-state index is 12.6. The van der Waals surface area contributed by atoms with Gasteiger partial charge in [0.25, 0.3) is 0 Å². The van der Waals surface area contributed by atoms with E-state index in [9.17, 15) is 14.7 Å². The van der Waals surface area contributed by atoms with Gasteiger partial charge in [-0.05, 0) is 55.5 Å². The third-order valence-corrected chi connectivity index (χ3v) is 6.47. The first kappa shape index (κ1) is 25.8. The summed E-state index contributed by atoms with van der Waals surface area (Å²) >= 11 is 0. The monoisotopic (exact) mass is 470 g/mol. The van der Waals surface area contributed by atoms with Gasteiger partial charge in [-0.15, -0.1) is 0 Å². The summed E-state index contributed by atoms with van der Waals surface area (Å²) in [5, 5.41) is 9.51. The zero-order valence-corrected chi connectivity index (χ0v) is 21.3. The Kier molecular flexibility index (Phi) is 8.08. The zero-order chi connectivity index (χ0) is 25.0. The number of carboxylic acids is 1. The molecule has 2 aromatic rings. The summed E-state index contributed by atoms with van der Waals surface area (Å²) in [5.74, 6) is 0.0897. The molecule has 0 unspecified atom stereocenters. The minimum Gasteiger partial charge on any atom is -0.493 e. The van der Waals surface area contributed by atoms with E-state index < -0.39 is 11.4 Å². The fourth-order valence-electron chi connectivity index (χ4n) is 4.75. The molecule has 0 fully saturated rings. The summed E-state index contributed by atoms with van der Waals surface area (Å²) < 4.78 is 13.8. The minimum absolute atomic E-state index is 0.0143. The molecule has 0 aliphatic carbocycles. The van der Waals surface area contributed by atoms with Crippen LogP contribution >= 0.6 is 0 Å². The first-order valence-corrected chi connectivity index (χ1v) is 12.2. The molecule has 186 valence electrons. The van der Waals surface area contributed by atoms with Gasteiger partial charge >= 0.3 is 5.97 Å². The molecular weight excluding hydrogens is 432 g/mol. The largest absolute Gasteiger partial charge is 0.493 e. The first-order chi connectivity index (χ1) is 16.1. The molecule has 1 atom stereocenters. The van der Waals surface area contributed by atoms with Gasteiger partial charge in [-0.1, -0.05) is 34.6 Å². The highest BCUT2D eigenvalue weighted by molar-refractivity contribution is 5.88. The van der Waals surface area contributed by atoms with Crippen molar-refractivity contribution in [2.45, 2.75) is 59.9 Å².